The van der Waals surface area contributed by atoms with Gasteiger partial charge in [-0.05, 0) is 87.7 Å². The van der Waals surface area contributed by atoms with Crippen molar-refractivity contribution >= 4 is 11.7 Å². The average molecular weight is 485 g/mol. The Morgan fingerprint density at radius 1 is 1.03 bits per heavy atom. The molecular weight excluding hydrogens is 465 g/mol. The van der Waals surface area contributed by atoms with Crippen molar-refractivity contribution in [3.8, 4) is 0 Å². The number of nitrogens with zero attached hydrogens (tertiary/aromatic N) is 7. The highest BCUT2D eigenvalue weighted by atomic mass is 19.1. The maximum Gasteiger partial charge on any atom is 0.338 e. The summed E-state index contributed by atoms with van der Waals surface area (Å²) in [5.74, 6) is -1.63. The standard InChI is InChI=1S/C25H20FN7O3/c26-18-8-5-17-11-16-3-1-2-4-21(16)23(24(30-33-28)22(17)12-18)13-20(14-29-32-27)36-25(34)15-6-9-19(31-35)10-7-15/h1-10,12,20,23-24H,11,13-14H2/t20-,23+,24+/m0/s1. The van der Waals surface area contributed by atoms with E-state index in [-0.39, 0.29) is 24.2 Å². The largest absolute Gasteiger partial charge is 0.459 e. The normalized spacial score (nSPS) is 16.7. The van der Waals surface area contributed by atoms with Crippen molar-refractivity contribution in [3.63, 3.8) is 0 Å². The highest BCUT2D eigenvalue weighted by Crippen LogP contribution is 2.44. The van der Waals surface area contributed by atoms with Crippen LogP contribution in [0.3, 0.4) is 0 Å². The Kier molecular flexibility index (Phi) is 7.55. The van der Waals surface area contributed by atoms with Crippen molar-refractivity contribution in [1.82, 2.24) is 0 Å². The van der Waals surface area contributed by atoms with Gasteiger partial charge in [0.25, 0.3) is 0 Å². The van der Waals surface area contributed by atoms with Crippen LogP contribution in [0.4, 0.5) is 10.1 Å². The SMILES string of the molecule is [N-]=[N+]=NC[C@H](C[C@@H]1c2ccccc2Cc2ccc(F)cc2[C@H]1N=[N+]=[N-])OC(=O)c1ccc(N=O)cc1. The third-order valence-corrected chi connectivity index (χ3v) is 6.17. The number of fused-ring (bicyclic) bond motifs is 2. The molecule has 11 heteroatoms. The number of esters is 1. The van der Waals surface area contributed by atoms with Crippen LogP contribution in [0.5, 0.6) is 0 Å². The number of ether oxygens (including phenoxy) is 1. The number of carbonyl (C=O) groups excluding carboxylic acids is 1. The number of carbonyl (C=O) groups is 1. The molecule has 0 amide bonds. The third kappa shape index (κ3) is 5.33. The minimum absolute atomic E-state index is 0.148. The van der Waals surface area contributed by atoms with Gasteiger partial charge in [-0.2, -0.15) is 0 Å². The van der Waals surface area contributed by atoms with Crippen molar-refractivity contribution in [2.24, 2.45) is 15.4 Å². The number of rotatable bonds is 8. The number of hydrogen-bond donors (Lipinski definition) is 0. The van der Waals surface area contributed by atoms with Gasteiger partial charge in [-0.1, -0.05) is 40.6 Å². The third-order valence-electron chi connectivity index (χ3n) is 6.17. The Labute approximate surface area is 204 Å². The molecule has 3 atom stereocenters. The van der Waals surface area contributed by atoms with E-state index in [0.717, 1.165) is 16.7 Å². The van der Waals surface area contributed by atoms with Crippen LogP contribution < -0.4 is 0 Å². The molecule has 10 nitrogen and oxygen atoms in total. The van der Waals surface area contributed by atoms with E-state index in [4.69, 9.17) is 10.3 Å². The van der Waals surface area contributed by atoms with Crippen LogP contribution in [0.1, 0.15) is 51.0 Å². The summed E-state index contributed by atoms with van der Waals surface area (Å²) in [5.41, 5.74) is 21.8. The minimum atomic E-state index is -0.873. The molecule has 3 aromatic rings. The molecule has 1 aliphatic rings. The summed E-state index contributed by atoms with van der Waals surface area (Å²) in [7, 11) is 0. The number of azide groups is 2. The molecule has 0 spiro atoms. The summed E-state index contributed by atoms with van der Waals surface area (Å²) in [6.07, 6.45) is -0.214. The second-order valence-corrected chi connectivity index (χ2v) is 8.29. The van der Waals surface area contributed by atoms with Gasteiger partial charge in [0.2, 0.25) is 0 Å². The smallest absolute Gasteiger partial charge is 0.338 e. The van der Waals surface area contributed by atoms with Gasteiger partial charge < -0.3 is 4.74 Å². The van der Waals surface area contributed by atoms with E-state index in [0.29, 0.717) is 12.0 Å². The van der Waals surface area contributed by atoms with Gasteiger partial charge in [-0.15, -0.1) is 4.91 Å². The van der Waals surface area contributed by atoms with E-state index < -0.39 is 29.9 Å². The summed E-state index contributed by atoms with van der Waals surface area (Å²) < 4.78 is 19.9. The van der Waals surface area contributed by atoms with E-state index >= 15 is 0 Å². The molecule has 36 heavy (non-hydrogen) atoms. The van der Waals surface area contributed by atoms with Crippen LogP contribution in [0.15, 0.2) is 82.1 Å². The zero-order valence-corrected chi connectivity index (χ0v) is 18.9. The monoisotopic (exact) mass is 485 g/mol. The zero-order valence-electron chi connectivity index (χ0n) is 18.9. The first-order valence-electron chi connectivity index (χ1n) is 11.1. The fourth-order valence-electron chi connectivity index (χ4n) is 4.55. The summed E-state index contributed by atoms with van der Waals surface area (Å²) in [5, 5.41) is 10.4. The lowest BCUT2D eigenvalue weighted by Crippen LogP contribution is -2.26. The average Bonchev–Trinajstić information content (AvgIpc) is 3.02. The number of benzene rings is 3. The Morgan fingerprint density at radius 2 is 1.78 bits per heavy atom. The number of hydrogen-bond acceptors (Lipinski definition) is 6. The van der Waals surface area contributed by atoms with Crippen molar-refractivity contribution in [2.75, 3.05) is 6.54 Å². The van der Waals surface area contributed by atoms with Gasteiger partial charge in [0.05, 0.1) is 18.2 Å². The molecule has 0 aromatic heterocycles. The topological polar surface area (TPSA) is 153 Å². The summed E-state index contributed by atoms with van der Waals surface area (Å²) in [6.45, 7) is -0.159. The van der Waals surface area contributed by atoms with Crippen molar-refractivity contribution < 1.29 is 13.9 Å². The van der Waals surface area contributed by atoms with E-state index in [1.807, 2.05) is 24.3 Å². The lowest BCUT2D eigenvalue weighted by molar-refractivity contribution is 0.0280. The molecular formula is C25H20FN7O3. The number of halogens is 1. The molecule has 0 fully saturated rings. The van der Waals surface area contributed by atoms with Crippen LogP contribution >= 0.6 is 0 Å². The fourth-order valence-corrected chi connectivity index (χ4v) is 4.55. The van der Waals surface area contributed by atoms with Crippen molar-refractivity contribution in [3.05, 3.63) is 126 Å². The van der Waals surface area contributed by atoms with Gasteiger partial charge >= 0.3 is 5.97 Å². The van der Waals surface area contributed by atoms with E-state index in [9.17, 15) is 19.6 Å². The first-order chi connectivity index (χ1) is 17.5. The van der Waals surface area contributed by atoms with Gasteiger partial charge in [0, 0.05) is 15.7 Å². The molecule has 3 aromatic carbocycles. The van der Waals surface area contributed by atoms with Gasteiger partial charge in [0.1, 0.15) is 17.6 Å². The van der Waals surface area contributed by atoms with Crippen LogP contribution in [0.2, 0.25) is 0 Å². The van der Waals surface area contributed by atoms with Crippen LogP contribution in [-0.2, 0) is 11.2 Å². The Bertz CT molecular complexity index is 1380. The predicted octanol–water partition coefficient (Wildman–Crippen LogP) is 7.19. The Balaban J connectivity index is 1.72. The lowest BCUT2D eigenvalue weighted by atomic mass is 9.83. The molecule has 1 aliphatic carbocycles. The molecule has 180 valence electrons. The van der Waals surface area contributed by atoms with Crippen LogP contribution in [-0.4, -0.2) is 18.6 Å². The lowest BCUT2D eigenvalue weighted by Gasteiger charge is -2.28. The molecule has 4 rings (SSSR count). The second-order valence-electron chi connectivity index (χ2n) is 8.29. The van der Waals surface area contributed by atoms with Crippen LogP contribution in [0, 0.1) is 10.7 Å². The van der Waals surface area contributed by atoms with E-state index in [1.54, 1.807) is 6.07 Å². The Hall–Kier alpha value is -4.72. The molecule has 0 saturated heterocycles. The molecule has 0 saturated carbocycles. The second kappa shape index (κ2) is 11.1. The summed E-state index contributed by atoms with van der Waals surface area (Å²) in [6, 6.07) is 16.8. The van der Waals surface area contributed by atoms with Gasteiger partial charge in [0.15, 0.2) is 0 Å². The highest BCUT2D eigenvalue weighted by Gasteiger charge is 2.34. The Morgan fingerprint density at radius 3 is 2.50 bits per heavy atom. The zero-order chi connectivity index (χ0) is 25.5. The fraction of sp³-hybridized carbons (Fsp3) is 0.240. The molecule has 0 bridgehead atoms. The van der Waals surface area contributed by atoms with Crippen LogP contribution in [0.25, 0.3) is 20.9 Å². The molecule has 0 aliphatic heterocycles. The predicted molar refractivity (Wildman–Crippen MR) is 130 cm³/mol. The van der Waals surface area contributed by atoms with Gasteiger partial charge in [-0.25, -0.2) is 9.18 Å². The molecule has 0 radical (unpaired) electrons. The highest BCUT2D eigenvalue weighted by molar-refractivity contribution is 5.89. The first-order valence-corrected chi connectivity index (χ1v) is 11.1. The molecule has 0 unspecified atom stereocenters. The maximum atomic E-state index is 14.3. The molecule has 0 N–H and O–H groups in total. The summed E-state index contributed by atoms with van der Waals surface area (Å²) >= 11 is 0. The van der Waals surface area contributed by atoms with Crippen molar-refractivity contribution in [2.45, 2.75) is 30.9 Å². The first kappa shape index (κ1) is 24.4. The maximum absolute atomic E-state index is 14.3. The molecule has 0 heterocycles. The van der Waals surface area contributed by atoms with E-state index in [1.165, 1.54) is 36.4 Å². The number of nitroso groups, excluding NO2 is 1. The van der Waals surface area contributed by atoms with Crippen molar-refractivity contribution in [1.29, 1.82) is 0 Å². The summed E-state index contributed by atoms with van der Waals surface area (Å²) in [4.78, 5) is 29.3. The minimum Gasteiger partial charge on any atom is -0.459 e. The quantitative estimate of drug-likeness (QED) is 0.109. The van der Waals surface area contributed by atoms with E-state index in [2.05, 4.69) is 25.2 Å². The van der Waals surface area contributed by atoms with Gasteiger partial charge in [-0.3, -0.25) is 0 Å².